The molecule has 0 saturated carbocycles. The molecule has 3 nitrogen and oxygen atoms in total. The molecule has 0 aliphatic carbocycles. The van der Waals surface area contributed by atoms with Gasteiger partial charge in [-0.2, -0.15) is 0 Å². The summed E-state index contributed by atoms with van der Waals surface area (Å²) in [6, 6.07) is 6.70. The summed E-state index contributed by atoms with van der Waals surface area (Å²) in [5.74, 6) is 1.70. The molecule has 2 aliphatic heterocycles. The number of halogens is 2. The first kappa shape index (κ1) is 13.1. The monoisotopic (exact) mass is 354 g/mol. The number of rotatable bonds is 3. The van der Waals surface area contributed by atoms with Crippen molar-refractivity contribution in [1.29, 1.82) is 0 Å². The fourth-order valence-corrected chi connectivity index (χ4v) is 4.15. The van der Waals surface area contributed by atoms with Crippen LogP contribution in [0.4, 0.5) is 0 Å². The second kappa shape index (κ2) is 5.00. The highest BCUT2D eigenvalue weighted by Crippen LogP contribution is 2.43. The molecule has 5 heteroatoms. The minimum atomic E-state index is 0.352. The number of fused-ring (bicyclic) bond motifs is 3. The van der Waals surface area contributed by atoms with E-state index in [1.165, 1.54) is 18.4 Å². The number of hydrogen-bond acceptors (Lipinski definition) is 2. The van der Waals surface area contributed by atoms with E-state index in [9.17, 15) is 0 Å². The summed E-state index contributed by atoms with van der Waals surface area (Å²) in [4.78, 5) is 4.77. The van der Waals surface area contributed by atoms with Gasteiger partial charge < -0.3 is 9.30 Å². The summed E-state index contributed by atoms with van der Waals surface area (Å²) < 4.78 is 9.50. The maximum Gasteiger partial charge on any atom is 0.111 e. The van der Waals surface area contributed by atoms with Crippen LogP contribution in [0.2, 0.25) is 0 Å². The molecule has 0 amide bonds. The van der Waals surface area contributed by atoms with Crippen molar-refractivity contribution < 1.29 is 4.74 Å². The van der Waals surface area contributed by atoms with Crippen molar-refractivity contribution in [3.63, 3.8) is 0 Å². The van der Waals surface area contributed by atoms with Crippen LogP contribution in [-0.2, 0) is 11.2 Å². The Hall–Kier alpha value is -0.580. The van der Waals surface area contributed by atoms with E-state index in [0.717, 1.165) is 28.7 Å². The molecule has 1 aromatic heterocycles. The molecule has 3 unspecified atom stereocenters. The van der Waals surface area contributed by atoms with Crippen LogP contribution < -0.4 is 0 Å². The Morgan fingerprint density at radius 2 is 2.30 bits per heavy atom. The van der Waals surface area contributed by atoms with Gasteiger partial charge in [-0.1, -0.05) is 15.9 Å². The molecule has 106 valence electrons. The van der Waals surface area contributed by atoms with Gasteiger partial charge in [-0.25, -0.2) is 4.98 Å². The van der Waals surface area contributed by atoms with E-state index in [0.29, 0.717) is 24.1 Å². The highest BCUT2D eigenvalue weighted by Gasteiger charge is 2.42. The molecule has 0 radical (unpaired) electrons. The maximum atomic E-state index is 6.03. The molecular weight excluding hydrogens is 340 g/mol. The molecule has 0 spiro atoms. The molecule has 1 aromatic carbocycles. The first-order valence-corrected chi connectivity index (χ1v) is 8.47. The minimum absolute atomic E-state index is 0.352. The van der Waals surface area contributed by atoms with E-state index in [-0.39, 0.29) is 0 Å². The standard InChI is InChI=1S/C15H16BrClN2O/c16-9-1-3-11-12(7-9)19(15(18-11)5-6-17)13-8-10-2-4-14(13)20-10/h1,3,7,10,13-14H,2,4-6,8H2. The predicted octanol–water partition coefficient (Wildman–Crippen LogP) is 4.07. The molecule has 20 heavy (non-hydrogen) atoms. The number of imidazole rings is 1. The van der Waals surface area contributed by atoms with Crippen molar-refractivity contribution in [3.05, 3.63) is 28.5 Å². The number of alkyl halides is 1. The molecule has 2 saturated heterocycles. The van der Waals surface area contributed by atoms with Gasteiger partial charge in [0.2, 0.25) is 0 Å². The third-order valence-corrected chi connectivity index (χ3v) is 5.13. The zero-order valence-electron chi connectivity index (χ0n) is 11.1. The first-order chi connectivity index (χ1) is 9.76. The van der Waals surface area contributed by atoms with E-state index < -0.39 is 0 Å². The Morgan fingerprint density at radius 1 is 1.40 bits per heavy atom. The fraction of sp³-hybridized carbons (Fsp3) is 0.533. The lowest BCUT2D eigenvalue weighted by molar-refractivity contribution is 0.0940. The summed E-state index contributed by atoms with van der Waals surface area (Å²) in [6.45, 7) is 0. The van der Waals surface area contributed by atoms with Crippen LogP contribution in [0.3, 0.4) is 0 Å². The third kappa shape index (κ3) is 2.00. The van der Waals surface area contributed by atoms with Crippen molar-refractivity contribution in [3.8, 4) is 0 Å². The van der Waals surface area contributed by atoms with Gasteiger partial charge in [-0.3, -0.25) is 0 Å². The Morgan fingerprint density at radius 3 is 3.00 bits per heavy atom. The number of aromatic nitrogens is 2. The van der Waals surface area contributed by atoms with E-state index in [2.05, 4.69) is 32.6 Å². The lowest BCUT2D eigenvalue weighted by atomic mass is 9.95. The summed E-state index contributed by atoms with van der Waals surface area (Å²) in [7, 11) is 0. The van der Waals surface area contributed by atoms with Crippen LogP contribution in [0.5, 0.6) is 0 Å². The highest BCUT2D eigenvalue weighted by molar-refractivity contribution is 9.10. The number of ether oxygens (including phenoxy) is 1. The van der Waals surface area contributed by atoms with Gasteiger partial charge in [0.05, 0.1) is 29.3 Å². The van der Waals surface area contributed by atoms with Gasteiger partial charge in [0.1, 0.15) is 5.82 Å². The summed E-state index contributed by atoms with van der Waals surface area (Å²) >= 11 is 9.52. The quantitative estimate of drug-likeness (QED) is 0.776. The molecular formula is C15H16BrClN2O. The van der Waals surface area contributed by atoms with E-state index in [1.54, 1.807) is 0 Å². The zero-order valence-corrected chi connectivity index (χ0v) is 13.4. The van der Waals surface area contributed by atoms with E-state index in [4.69, 9.17) is 21.3 Å². The van der Waals surface area contributed by atoms with Crippen molar-refractivity contribution in [2.45, 2.75) is 43.9 Å². The Balaban J connectivity index is 1.86. The average Bonchev–Trinajstić information content (AvgIpc) is 3.11. The average molecular weight is 356 g/mol. The van der Waals surface area contributed by atoms with Crippen LogP contribution in [0.25, 0.3) is 11.0 Å². The number of benzene rings is 1. The Labute approximate surface area is 131 Å². The SMILES string of the molecule is ClCCc1nc2ccc(Br)cc2n1C1CC2CCC1O2. The zero-order chi connectivity index (χ0) is 13.7. The molecule has 0 N–H and O–H groups in total. The summed E-state index contributed by atoms with van der Waals surface area (Å²) in [5, 5.41) is 0. The fourth-order valence-electron chi connectivity index (χ4n) is 3.63. The van der Waals surface area contributed by atoms with Crippen LogP contribution in [-0.4, -0.2) is 27.6 Å². The number of hydrogen-bond donors (Lipinski definition) is 0. The van der Waals surface area contributed by atoms with Gasteiger partial charge in [0.15, 0.2) is 0 Å². The minimum Gasteiger partial charge on any atom is -0.373 e. The van der Waals surface area contributed by atoms with Crippen LogP contribution >= 0.6 is 27.5 Å². The molecule has 3 atom stereocenters. The highest BCUT2D eigenvalue weighted by atomic mass is 79.9. The lowest BCUT2D eigenvalue weighted by Gasteiger charge is -2.23. The topological polar surface area (TPSA) is 27.1 Å². The third-order valence-electron chi connectivity index (χ3n) is 4.45. The number of aryl methyl sites for hydroxylation is 1. The van der Waals surface area contributed by atoms with Crippen LogP contribution in [0.1, 0.15) is 31.1 Å². The van der Waals surface area contributed by atoms with Gasteiger partial charge in [-0.15, -0.1) is 11.6 Å². The molecule has 4 rings (SSSR count). The van der Waals surface area contributed by atoms with Crippen molar-refractivity contribution in [1.82, 2.24) is 9.55 Å². The molecule has 2 bridgehead atoms. The van der Waals surface area contributed by atoms with Crippen molar-refractivity contribution in [2.75, 3.05) is 5.88 Å². The molecule has 2 fully saturated rings. The van der Waals surface area contributed by atoms with Gasteiger partial charge in [0.25, 0.3) is 0 Å². The van der Waals surface area contributed by atoms with Crippen LogP contribution in [0.15, 0.2) is 22.7 Å². The van der Waals surface area contributed by atoms with Gasteiger partial charge in [-0.05, 0) is 37.5 Å². The van der Waals surface area contributed by atoms with Crippen LogP contribution in [0, 0.1) is 0 Å². The molecule has 2 aromatic rings. The molecule has 2 aliphatic rings. The largest absolute Gasteiger partial charge is 0.373 e. The second-order valence-electron chi connectivity index (χ2n) is 5.65. The van der Waals surface area contributed by atoms with Crippen molar-refractivity contribution >= 4 is 38.6 Å². The lowest BCUT2D eigenvalue weighted by Crippen LogP contribution is -2.22. The van der Waals surface area contributed by atoms with E-state index in [1.807, 2.05) is 6.07 Å². The predicted molar refractivity (Wildman–Crippen MR) is 83.4 cm³/mol. The first-order valence-electron chi connectivity index (χ1n) is 7.14. The van der Waals surface area contributed by atoms with Crippen molar-refractivity contribution in [2.24, 2.45) is 0 Å². The molecule has 3 heterocycles. The Kier molecular flexibility index (Phi) is 3.28. The maximum absolute atomic E-state index is 6.03. The van der Waals surface area contributed by atoms with Gasteiger partial charge in [0, 0.05) is 16.8 Å². The smallest absolute Gasteiger partial charge is 0.111 e. The summed E-state index contributed by atoms with van der Waals surface area (Å²) in [5.41, 5.74) is 2.25. The number of nitrogens with zero attached hydrogens (tertiary/aromatic N) is 2. The second-order valence-corrected chi connectivity index (χ2v) is 6.94. The Bertz CT molecular complexity index is 657. The van der Waals surface area contributed by atoms with Gasteiger partial charge >= 0.3 is 0 Å². The van der Waals surface area contributed by atoms with E-state index >= 15 is 0 Å². The normalized spacial score (nSPS) is 28.6. The summed E-state index contributed by atoms with van der Waals surface area (Å²) in [6.07, 6.45) is 5.09.